The monoisotopic (exact) mass is 311 g/mol. The Balaban J connectivity index is 1.83. The van der Waals surface area contributed by atoms with E-state index in [0.29, 0.717) is 6.04 Å². The first-order valence-corrected chi connectivity index (χ1v) is 8.14. The van der Waals surface area contributed by atoms with E-state index in [2.05, 4.69) is 40.2 Å². The zero-order valence-corrected chi connectivity index (χ0v) is 13.1. The van der Waals surface area contributed by atoms with Crippen molar-refractivity contribution in [3.63, 3.8) is 0 Å². The maximum absolute atomic E-state index is 6.02. The normalized spacial score (nSPS) is 18.1. The van der Waals surface area contributed by atoms with E-state index in [0.717, 1.165) is 34.9 Å². The van der Waals surface area contributed by atoms with Crippen LogP contribution < -0.4 is 5.32 Å². The molecule has 3 aromatic rings. The Bertz CT molecular complexity index is 786. The minimum Gasteiger partial charge on any atom is -0.314 e. The molecular formula is C18H18ClN3. The smallest absolute Gasteiger partial charge is 0.137 e. The molecule has 0 saturated carbocycles. The molecule has 1 atom stereocenters. The number of pyridine rings is 1. The fourth-order valence-corrected chi connectivity index (χ4v) is 3.37. The van der Waals surface area contributed by atoms with Gasteiger partial charge in [0.25, 0.3) is 0 Å². The van der Waals surface area contributed by atoms with E-state index < -0.39 is 0 Å². The highest BCUT2D eigenvalue weighted by Crippen LogP contribution is 2.27. The van der Waals surface area contributed by atoms with E-state index in [1.807, 2.05) is 18.2 Å². The molecule has 112 valence electrons. The Morgan fingerprint density at radius 2 is 2.05 bits per heavy atom. The van der Waals surface area contributed by atoms with Gasteiger partial charge < -0.3 is 9.72 Å². The van der Waals surface area contributed by atoms with Crippen molar-refractivity contribution in [1.29, 1.82) is 0 Å². The third-order valence-electron chi connectivity index (χ3n) is 4.35. The minimum atomic E-state index is 0.547. The lowest BCUT2D eigenvalue weighted by Gasteiger charge is -2.11. The maximum Gasteiger partial charge on any atom is 0.137 e. The average molecular weight is 312 g/mol. The lowest BCUT2D eigenvalue weighted by atomic mass is 10.0. The van der Waals surface area contributed by atoms with Crippen LogP contribution in [0.15, 0.2) is 48.7 Å². The van der Waals surface area contributed by atoms with Crippen LogP contribution in [0.25, 0.3) is 16.9 Å². The summed E-state index contributed by atoms with van der Waals surface area (Å²) in [6.45, 7) is 1.12. The molecule has 0 radical (unpaired) electrons. The SMILES string of the molecule is Clc1ccc(-c2nc3ccccn3c2CC2CCCN2)cc1. The maximum atomic E-state index is 6.02. The molecule has 1 fully saturated rings. The first kappa shape index (κ1) is 13.8. The Labute approximate surface area is 134 Å². The number of hydrogen-bond acceptors (Lipinski definition) is 2. The number of hydrogen-bond donors (Lipinski definition) is 1. The summed E-state index contributed by atoms with van der Waals surface area (Å²) < 4.78 is 2.21. The van der Waals surface area contributed by atoms with Gasteiger partial charge in [0, 0.05) is 29.2 Å². The van der Waals surface area contributed by atoms with Gasteiger partial charge in [-0.3, -0.25) is 0 Å². The molecule has 2 aromatic heterocycles. The summed E-state index contributed by atoms with van der Waals surface area (Å²) in [5, 5.41) is 4.34. The van der Waals surface area contributed by atoms with Crippen LogP contribution in [0.1, 0.15) is 18.5 Å². The predicted octanol–water partition coefficient (Wildman–Crippen LogP) is 3.95. The van der Waals surface area contributed by atoms with Crippen LogP contribution in [0.3, 0.4) is 0 Å². The van der Waals surface area contributed by atoms with Crippen molar-refractivity contribution in [2.24, 2.45) is 0 Å². The molecular weight excluding hydrogens is 294 g/mol. The topological polar surface area (TPSA) is 29.3 Å². The van der Waals surface area contributed by atoms with Crippen molar-refractivity contribution in [1.82, 2.24) is 14.7 Å². The lowest BCUT2D eigenvalue weighted by molar-refractivity contribution is 0.593. The first-order valence-electron chi connectivity index (χ1n) is 7.76. The van der Waals surface area contributed by atoms with Crippen LogP contribution in [0, 0.1) is 0 Å². The summed E-state index contributed by atoms with van der Waals surface area (Å²) in [7, 11) is 0. The lowest BCUT2D eigenvalue weighted by Crippen LogP contribution is -2.24. The van der Waals surface area contributed by atoms with Crippen molar-refractivity contribution < 1.29 is 0 Å². The highest BCUT2D eigenvalue weighted by Gasteiger charge is 2.20. The summed E-state index contributed by atoms with van der Waals surface area (Å²) in [6.07, 6.45) is 5.60. The largest absolute Gasteiger partial charge is 0.314 e. The quantitative estimate of drug-likeness (QED) is 0.793. The van der Waals surface area contributed by atoms with Crippen molar-refractivity contribution in [2.75, 3.05) is 6.54 Å². The number of nitrogens with one attached hydrogen (secondary N) is 1. The van der Waals surface area contributed by atoms with Gasteiger partial charge >= 0.3 is 0 Å². The molecule has 4 rings (SSSR count). The highest BCUT2D eigenvalue weighted by atomic mass is 35.5. The van der Waals surface area contributed by atoms with Crippen LogP contribution in [0.2, 0.25) is 5.02 Å². The zero-order valence-electron chi connectivity index (χ0n) is 12.3. The second-order valence-corrected chi connectivity index (χ2v) is 6.28. The van der Waals surface area contributed by atoms with Gasteiger partial charge in [0.15, 0.2) is 0 Å². The molecule has 1 aromatic carbocycles. The Morgan fingerprint density at radius 1 is 1.18 bits per heavy atom. The Hall–Kier alpha value is -1.84. The molecule has 22 heavy (non-hydrogen) atoms. The molecule has 1 saturated heterocycles. The average Bonchev–Trinajstić information content (AvgIpc) is 3.17. The molecule has 1 N–H and O–H groups in total. The van der Waals surface area contributed by atoms with Gasteiger partial charge in [0.1, 0.15) is 5.65 Å². The summed E-state index contributed by atoms with van der Waals surface area (Å²) in [4.78, 5) is 4.85. The number of benzene rings is 1. The van der Waals surface area contributed by atoms with Crippen LogP contribution in [0.4, 0.5) is 0 Å². The minimum absolute atomic E-state index is 0.547. The van der Waals surface area contributed by atoms with Crippen molar-refractivity contribution in [3.05, 3.63) is 59.4 Å². The molecule has 0 spiro atoms. The molecule has 4 heteroatoms. The van der Waals surface area contributed by atoms with Crippen LogP contribution in [-0.4, -0.2) is 22.0 Å². The third-order valence-corrected chi connectivity index (χ3v) is 4.60. The van der Waals surface area contributed by atoms with Gasteiger partial charge in [0.05, 0.1) is 11.4 Å². The molecule has 3 heterocycles. The third kappa shape index (κ3) is 2.51. The first-order chi connectivity index (χ1) is 10.8. The van der Waals surface area contributed by atoms with Gasteiger partial charge in [-0.1, -0.05) is 29.8 Å². The fraction of sp³-hybridized carbons (Fsp3) is 0.278. The second-order valence-electron chi connectivity index (χ2n) is 5.84. The van der Waals surface area contributed by atoms with Crippen LogP contribution >= 0.6 is 11.6 Å². The van der Waals surface area contributed by atoms with Crippen molar-refractivity contribution in [3.8, 4) is 11.3 Å². The predicted molar refractivity (Wildman–Crippen MR) is 90.4 cm³/mol. The molecule has 0 bridgehead atoms. The van der Waals surface area contributed by atoms with Gasteiger partial charge in [-0.05, 0) is 43.7 Å². The van der Waals surface area contributed by atoms with E-state index in [1.165, 1.54) is 18.5 Å². The van der Waals surface area contributed by atoms with E-state index in [9.17, 15) is 0 Å². The van der Waals surface area contributed by atoms with E-state index in [-0.39, 0.29) is 0 Å². The number of imidazole rings is 1. The zero-order chi connectivity index (χ0) is 14.9. The number of nitrogens with zero attached hydrogens (tertiary/aromatic N) is 2. The molecule has 1 aliphatic heterocycles. The van der Waals surface area contributed by atoms with Crippen molar-refractivity contribution >= 4 is 17.2 Å². The summed E-state index contributed by atoms with van der Waals surface area (Å²) in [5.41, 5.74) is 4.47. The number of rotatable bonds is 3. The standard InChI is InChI=1S/C18H18ClN3/c19-14-8-6-13(7-9-14)18-16(12-15-4-3-10-20-15)22-11-2-1-5-17(22)21-18/h1-2,5-9,11,15,20H,3-4,10,12H2. The molecule has 1 unspecified atom stereocenters. The molecule has 1 aliphatic rings. The second kappa shape index (κ2) is 5.75. The summed E-state index contributed by atoms with van der Waals surface area (Å²) >= 11 is 6.02. The van der Waals surface area contributed by atoms with E-state index in [4.69, 9.17) is 16.6 Å². The van der Waals surface area contributed by atoms with Crippen molar-refractivity contribution in [2.45, 2.75) is 25.3 Å². The number of aromatic nitrogens is 2. The number of fused-ring (bicyclic) bond motifs is 1. The molecule has 3 nitrogen and oxygen atoms in total. The van der Waals surface area contributed by atoms with E-state index >= 15 is 0 Å². The molecule has 0 aliphatic carbocycles. The Kier molecular flexibility index (Phi) is 3.60. The summed E-state index contributed by atoms with van der Waals surface area (Å²) in [5.74, 6) is 0. The Morgan fingerprint density at radius 3 is 2.82 bits per heavy atom. The van der Waals surface area contributed by atoms with E-state index in [1.54, 1.807) is 0 Å². The fourth-order valence-electron chi connectivity index (χ4n) is 3.24. The van der Waals surface area contributed by atoms with Gasteiger partial charge in [0.2, 0.25) is 0 Å². The summed E-state index contributed by atoms with van der Waals surface area (Å²) in [6, 6.07) is 14.7. The highest BCUT2D eigenvalue weighted by molar-refractivity contribution is 6.30. The van der Waals surface area contributed by atoms with Crippen LogP contribution in [-0.2, 0) is 6.42 Å². The van der Waals surface area contributed by atoms with Crippen LogP contribution in [0.5, 0.6) is 0 Å². The van der Waals surface area contributed by atoms with Gasteiger partial charge in [-0.2, -0.15) is 0 Å². The molecule has 0 amide bonds. The van der Waals surface area contributed by atoms with Gasteiger partial charge in [-0.25, -0.2) is 4.98 Å². The number of halogens is 1. The van der Waals surface area contributed by atoms with Gasteiger partial charge in [-0.15, -0.1) is 0 Å².